The summed E-state index contributed by atoms with van der Waals surface area (Å²) >= 11 is 0. The lowest BCUT2D eigenvalue weighted by atomic mass is 9.98. The molecule has 0 bridgehead atoms. The molecule has 1 amide bonds. The minimum Gasteiger partial charge on any atom is -0.497 e. The highest BCUT2D eigenvalue weighted by atomic mass is 16.6. The predicted octanol–water partition coefficient (Wildman–Crippen LogP) is 4.50. The van der Waals surface area contributed by atoms with Crippen molar-refractivity contribution in [2.75, 3.05) is 13.7 Å². The van der Waals surface area contributed by atoms with Crippen LogP contribution in [0.25, 0.3) is 11.0 Å². The first-order valence-corrected chi connectivity index (χ1v) is 10.7. The fraction of sp³-hybridized carbons (Fsp3) is 0.154. The average Bonchev–Trinajstić information content (AvgIpc) is 3.15. The van der Waals surface area contributed by atoms with Crippen LogP contribution in [-0.4, -0.2) is 29.4 Å². The Morgan fingerprint density at radius 3 is 2.38 bits per heavy atom. The maximum atomic E-state index is 13.5. The van der Waals surface area contributed by atoms with E-state index in [0.717, 1.165) is 11.3 Å². The van der Waals surface area contributed by atoms with E-state index in [0.29, 0.717) is 29.5 Å². The van der Waals surface area contributed by atoms with Crippen molar-refractivity contribution in [2.45, 2.75) is 12.5 Å². The Morgan fingerprint density at radius 2 is 1.71 bits per heavy atom. The molecular formula is C26H20N2O6. The van der Waals surface area contributed by atoms with Crippen molar-refractivity contribution in [2.24, 2.45) is 0 Å². The first-order chi connectivity index (χ1) is 16.5. The third-order valence-electron chi connectivity index (χ3n) is 6.09. The smallest absolute Gasteiger partial charge is 0.290 e. The number of rotatable bonds is 6. The minimum absolute atomic E-state index is 0.0155. The number of fused-ring (bicyclic) bond motifs is 2. The Labute approximate surface area is 194 Å². The molecule has 0 saturated carbocycles. The lowest BCUT2D eigenvalue weighted by Crippen LogP contribution is -2.31. The molecule has 8 nitrogen and oxygen atoms in total. The molecule has 1 aromatic heterocycles. The van der Waals surface area contributed by atoms with E-state index < -0.39 is 11.0 Å². The van der Waals surface area contributed by atoms with Crippen molar-refractivity contribution < 1.29 is 18.9 Å². The van der Waals surface area contributed by atoms with Gasteiger partial charge in [0.15, 0.2) is 5.43 Å². The summed E-state index contributed by atoms with van der Waals surface area (Å²) in [7, 11) is 1.60. The number of carbonyl (C=O) groups is 1. The molecule has 4 aromatic rings. The fourth-order valence-corrected chi connectivity index (χ4v) is 4.36. The van der Waals surface area contributed by atoms with Gasteiger partial charge in [-0.3, -0.25) is 19.7 Å². The number of hydrogen-bond donors (Lipinski definition) is 0. The summed E-state index contributed by atoms with van der Waals surface area (Å²) in [5, 5.41) is 11.5. The van der Waals surface area contributed by atoms with Crippen LogP contribution in [0.5, 0.6) is 5.75 Å². The monoisotopic (exact) mass is 456 g/mol. The Morgan fingerprint density at radius 1 is 1.00 bits per heavy atom. The van der Waals surface area contributed by atoms with Gasteiger partial charge in [-0.15, -0.1) is 0 Å². The zero-order valence-electron chi connectivity index (χ0n) is 18.3. The highest BCUT2D eigenvalue weighted by Gasteiger charge is 2.42. The van der Waals surface area contributed by atoms with E-state index in [1.54, 1.807) is 48.4 Å². The van der Waals surface area contributed by atoms with Gasteiger partial charge in [-0.25, -0.2) is 0 Å². The normalized spacial score (nSPS) is 14.9. The quantitative estimate of drug-likeness (QED) is 0.313. The van der Waals surface area contributed by atoms with E-state index in [2.05, 4.69) is 0 Å². The van der Waals surface area contributed by atoms with Crippen molar-refractivity contribution in [1.82, 2.24) is 4.90 Å². The number of non-ortho nitro benzene ring substituents is 1. The van der Waals surface area contributed by atoms with Gasteiger partial charge in [-0.2, -0.15) is 0 Å². The van der Waals surface area contributed by atoms with Crippen molar-refractivity contribution in [3.05, 3.63) is 116 Å². The van der Waals surface area contributed by atoms with Gasteiger partial charge >= 0.3 is 0 Å². The first kappa shape index (κ1) is 21.4. The van der Waals surface area contributed by atoms with Crippen molar-refractivity contribution in [3.63, 3.8) is 0 Å². The summed E-state index contributed by atoms with van der Waals surface area (Å²) in [4.78, 5) is 39.1. The molecule has 1 atom stereocenters. The van der Waals surface area contributed by atoms with Gasteiger partial charge in [-0.1, -0.05) is 24.3 Å². The number of benzene rings is 3. The Kier molecular flexibility index (Phi) is 5.33. The van der Waals surface area contributed by atoms with E-state index in [9.17, 15) is 19.7 Å². The van der Waals surface area contributed by atoms with Crippen LogP contribution in [0.4, 0.5) is 5.69 Å². The van der Waals surface area contributed by atoms with Crippen LogP contribution < -0.4 is 10.2 Å². The molecule has 1 aliphatic rings. The van der Waals surface area contributed by atoms with E-state index >= 15 is 0 Å². The largest absolute Gasteiger partial charge is 0.497 e. The summed E-state index contributed by atoms with van der Waals surface area (Å²) in [6, 6.07) is 19.6. The topological polar surface area (TPSA) is 103 Å². The second-order valence-corrected chi connectivity index (χ2v) is 8.02. The van der Waals surface area contributed by atoms with Crippen LogP contribution in [0.3, 0.4) is 0 Å². The number of nitrogens with zero attached hydrogens (tertiary/aromatic N) is 2. The lowest BCUT2D eigenvalue weighted by Gasteiger charge is -2.25. The molecule has 0 aliphatic carbocycles. The Bertz CT molecular complexity index is 1460. The summed E-state index contributed by atoms with van der Waals surface area (Å²) in [5.41, 5.74) is 1.86. The van der Waals surface area contributed by atoms with E-state index in [1.807, 2.05) is 24.3 Å². The molecule has 0 radical (unpaired) electrons. The van der Waals surface area contributed by atoms with Crippen LogP contribution >= 0.6 is 0 Å². The highest BCUT2D eigenvalue weighted by Crippen LogP contribution is 2.38. The summed E-state index contributed by atoms with van der Waals surface area (Å²) in [5.74, 6) is 0.371. The van der Waals surface area contributed by atoms with E-state index in [-0.39, 0.29) is 28.3 Å². The maximum absolute atomic E-state index is 13.5. The summed E-state index contributed by atoms with van der Waals surface area (Å²) in [6.45, 7) is 0.326. The third-order valence-corrected chi connectivity index (χ3v) is 6.09. The number of carbonyl (C=O) groups excluding carboxylic acids is 1. The zero-order chi connectivity index (χ0) is 23.8. The molecule has 0 saturated heterocycles. The molecule has 8 heteroatoms. The van der Waals surface area contributed by atoms with Gasteiger partial charge in [0.2, 0.25) is 5.76 Å². The molecule has 0 N–H and O–H groups in total. The zero-order valence-corrected chi connectivity index (χ0v) is 18.3. The van der Waals surface area contributed by atoms with Crippen LogP contribution in [-0.2, 0) is 6.42 Å². The molecule has 5 rings (SSSR count). The molecule has 1 unspecified atom stereocenters. The second kappa shape index (κ2) is 8.47. The molecule has 2 heterocycles. The average molecular weight is 456 g/mol. The number of ether oxygens (including phenoxy) is 1. The van der Waals surface area contributed by atoms with E-state index in [4.69, 9.17) is 9.15 Å². The van der Waals surface area contributed by atoms with Gasteiger partial charge in [0.05, 0.1) is 29.0 Å². The van der Waals surface area contributed by atoms with Gasteiger partial charge in [0, 0.05) is 18.7 Å². The molecule has 170 valence electrons. The lowest BCUT2D eigenvalue weighted by molar-refractivity contribution is -0.384. The number of amides is 1. The van der Waals surface area contributed by atoms with E-state index in [1.165, 1.54) is 12.1 Å². The van der Waals surface area contributed by atoms with Gasteiger partial charge < -0.3 is 14.1 Å². The Hall–Kier alpha value is -4.46. The molecule has 34 heavy (non-hydrogen) atoms. The standard InChI is InChI=1S/C26H20N2O6/c1-33-19-12-6-16(7-13-19)14-15-27-23(17-8-10-18(11-9-17)28(31)32)22-24(29)20-4-2-3-5-21(20)34-25(22)26(27)30/h2-13,23H,14-15H2,1H3. The van der Waals surface area contributed by atoms with Crippen molar-refractivity contribution in [1.29, 1.82) is 0 Å². The summed E-state index contributed by atoms with van der Waals surface area (Å²) in [6.07, 6.45) is 0.543. The SMILES string of the molecule is COc1ccc(CCN2C(=O)c3oc4ccccc4c(=O)c3C2c2ccc([N+](=O)[O-])cc2)cc1. The molecule has 0 fully saturated rings. The molecule has 0 spiro atoms. The minimum atomic E-state index is -0.706. The van der Waals surface area contributed by atoms with Crippen LogP contribution in [0.15, 0.2) is 82.0 Å². The number of nitro benzene ring substituents is 1. The predicted molar refractivity (Wildman–Crippen MR) is 125 cm³/mol. The first-order valence-electron chi connectivity index (χ1n) is 10.7. The number of para-hydroxylation sites is 1. The summed E-state index contributed by atoms with van der Waals surface area (Å²) < 4.78 is 11.1. The second-order valence-electron chi connectivity index (χ2n) is 8.02. The highest BCUT2D eigenvalue weighted by molar-refractivity contribution is 5.99. The van der Waals surface area contributed by atoms with Gasteiger partial charge in [-0.05, 0) is 53.9 Å². The fourth-order valence-electron chi connectivity index (χ4n) is 4.36. The van der Waals surface area contributed by atoms with Crippen LogP contribution in [0, 0.1) is 10.1 Å². The number of methoxy groups -OCH3 is 1. The maximum Gasteiger partial charge on any atom is 0.290 e. The molecular weight excluding hydrogens is 436 g/mol. The number of nitro groups is 1. The molecule has 1 aliphatic heterocycles. The van der Waals surface area contributed by atoms with Gasteiger partial charge in [0.25, 0.3) is 11.6 Å². The van der Waals surface area contributed by atoms with Crippen molar-refractivity contribution in [3.8, 4) is 5.75 Å². The third kappa shape index (κ3) is 3.59. The van der Waals surface area contributed by atoms with Crippen LogP contribution in [0.1, 0.15) is 33.3 Å². The van der Waals surface area contributed by atoms with Crippen molar-refractivity contribution >= 4 is 22.6 Å². The van der Waals surface area contributed by atoms with Crippen LogP contribution in [0.2, 0.25) is 0 Å². The Balaban J connectivity index is 1.58. The molecule has 3 aromatic carbocycles. The number of hydrogen-bond acceptors (Lipinski definition) is 6. The van der Waals surface area contributed by atoms with Gasteiger partial charge in [0.1, 0.15) is 11.3 Å².